The second-order valence-corrected chi connectivity index (χ2v) is 9.01. The van der Waals surface area contributed by atoms with Crippen molar-refractivity contribution in [1.82, 2.24) is 9.97 Å². The molecule has 0 saturated heterocycles. The van der Waals surface area contributed by atoms with E-state index in [1.54, 1.807) is 53.6 Å². The minimum absolute atomic E-state index is 0.162. The Morgan fingerprint density at radius 2 is 1.92 bits per heavy atom. The number of aromatic nitrogens is 2. The normalized spacial score (nSPS) is 12.8. The first-order valence-electron chi connectivity index (χ1n) is 11.6. The van der Waals surface area contributed by atoms with E-state index in [0.717, 1.165) is 33.0 Å². The van der Waals surface area contributed by atoms with E-state index in [1.165, 1.54) is 0 Å². The number of fused-ring (bicyclic) bond motifs is 4. The van der Waals surface area contributed by atoms with Gasteiger partial charge >= 0.3 is 0 Å². The Morgan fingerprint density at radius 3 is 2.72 bits per heavy atom. The summed E-state index contributed by atoms with van der Waals surface area (Å²) in [4.78, 5) is 35.2. The number of amides is 2. The first kappa shape index (κ1) is 21.7. The van der Waals surface area contributed by atoms with Gasteiger partial charge in [-0.05, 0) is 66.3 Å². The van der Waals surface area contributed by atoms with Crippen LogP contribution in [0.1, 0.15) is 32.0 Å². The highest BCUT2D eigenvalue weighted by Gasteiger charge is 2.29. The number of aromatic hydroxyl groups is 1. The number of phenols is 1. The number of carbonyl (C=O) groups excluding carboxylic acids is 2. The molecule has 0 saturated carbocycles. The Hall–Kier alpha value is -4.85. The van der Waals surface area contributed by atoms with Crippen molar-refractivity contribution in [2.75, 3.05) is 22.5 Å². The molecule has 1 aliphatic rings. The van der Waals surface area contributed by atoms with E-state index in [9.17, 15) is 14.7 Å². The van der Waals surface area contributed by atoms with Gasteiger partial charge in [-0.25, -0.2) is 4.98 Å². The predicted octanol–water partition coefficient (Wildman–Crippen LogP) is 4.77. The molecule has 8 heteroatoms. The molecule has 6 rings (SSSR count). The number of aromatic amines is 1. The van der Waals surface area contributed by atoms with Crippen LogP contribution in [0.5, 0.6) is 5.75 Å². The molecule has 2 aromatic heterocycles. The lowest BCUT2D eigenvalue weighted by Crippen LogP contribution is -2.29. The molecule has 36 heavy (non-hydrogen) atoms. The Morgan fingerprint density at radius 1 is 1.11 bits per heavy atom. The van der Waals surface area contributed by atoms with Crippen LogP contribution in [-0.4, -0.2) is 33.4 Å². The summed E-state index contributed by atoms with van der Waals surface area (Å²) in [6, 6.07) is 17.6. The van der Waals surface area contributed by atoms with Crippen molar-refractivity contribution in [2.24, 2.45) is 0 Å². The number of benzene rings is 3. The van der Waals surface area contributed by atoms with Crippen LogP contribution in [0, 0.1) is 6.92 Å². The number of pyridine rings is 1. The van der Waals surface area contributed by atoms with E-state index in [0.29, 0.717) is 41.2 Å². The lowest BCUT2D eigenvalue weighted by molar-refractivity contribution is 0.0984. The molecule has 0 bridgehead atoms. The molecule has 3 aromatic carbocycles. The van der Waals surface area contributed by atoms with Crippen molar-refractivity contribution in [3.63, 3.8) is 0 Å². The molecule has 0 unspecified atom stereocenters. The zero-order valence-corrected chi connectivity index (χ0v) is 19.5. The number of nitrogens with two attached hydrogens (primary N) is 1. The van der Waals surface area contributed by atoms with Crippen LogP contribution < -0.4 is 16.0 Å². The van der Waals surface area contributed by atoms with E-state index < -0.39 is 0 Å². The molecular formula is C28H23N5O3. The SMILES string of the molecule is Cc1cccc2c(O)cc3c(c12)CCN3C(=O)c1cc2cc(NC(=O)c3ccc(N)cc3)ncc2[nH]1. The molecule has 0 spiro atoms. The highest BCUT2D eigenvalue weighted by atomic mass is 16.3. The Kier molecular flexibility index (Phi) is 4.89. The van der Waals surface area contributed by atoms with Gasteiger partial charge in [0.25, 0.3) is 11.8 Å². The number of rotatable bonds is 3. The van der Waals surface area contributed by atoms with Gasteiger partial charge < -0.3 is 26.0 Å². The number of phenolic OH excluding ortho intramolecular Hbond substituents is 1. The number of hydrogen-bond donors (Lipinski definition) is 4. The quantitative estimate of drug-likeness (QED) is 0.279. The molecule has 8 nitrogen and oxygen atoms in total. The molecule has 5 aromatic rings. The lowest BCUT2D eigenvalue weighted by Gasteiger charge is -2.18. The number of H-pyrrole nitrogens is 1. The Labute approximate surface area is 206 Å². The van der Waals surface area contributed by atoms with Gasteiger partial charge in [0.15, 0.2) is 0 Å². The summed E-state index contributed by atoms with van der Waals surface area (Å²) in [6.45, 7) is 2.54. The predicted molar refractivity (Wildman–Crippen MR) is 141 cm³/mol. The summed E-state index contributed by atoms with van der Waals surface area (Å²) in [5.41, 5.74) is 10.7. The lowest BCUT2D eigenvalue weighted by atomic mass is 9.97. The van der Waals surface area contributed by atoms with Crippen molar-refractivity contribution in [3.05, 3.63) is 89.2 Å². The average Bonchev–Trinajstić information content (AvgIpc) is 3.48. The van der Waals surface area contributed by atoms with Gasteiger partial charge in [0, 0.05) is 34.6 Å². The molecule has 3 heterocycles. The molecule has 178 valence electrons. The molecular weight excluding hydrogens is 454 g/mol. The summed E-state index contributed by atoms with van der Waals surface area (Å²) < 4.78 is 0. The van der Waals surface area contributed by atoms with E-state index >= 15 is 0 Å². The van der Waals surface area contributed by atoms with Gasteiger partial charge in [0.1, 0.15) is 17.3 Å². The van der Waals surface area contributed by atoms with E-state index in [1.807, 2.05) is 25.1 Å². The summed E-state index contributed by atoms with van der Waals surface area (Å²) in [5, 5.41) is 16.0. The standard InChI is InChI=1S/C28H23N5O3/c1-15-3-2-4-20-24(34)13-23-19(26(15)20)9-10-33(23)28(36)21-11-17-12-25(30-14-22(17)31-21)32-27(35)16-5-7-18(29)8-6-16/h2-8,11-14,31,34H,9-10,29H2,1H3,(H,30,32,35). The summed E-state index contributed by atoms with van der Waals surface area (Å²) in [7, 11) is 0. The number of anilines is 3. The van der Waals surface area contributed by atoms with E-state index in [-0.39, 0.29) is 17.6 Å². The molecule has 2 amide bonds. The third-order valence-electron chi connectivity index (χ3n) is 6.70. The fraction of sp³-hybridized carbons (Fsp3) is 0.107. The Balaban J connectivity index is 1.29. The van der Waals surface area contributed by atoms with Crippen LogP contribution in [0.3, 0.4) is 0 Å². The number of carbonyl (C=O) groups is 2. The first-order valence-corrected chi connectivity index (χ1v) is 11.6. The topological polar surface area (TPSA) is 124 Å². The molecule has 0 fully saturated rings. The maximum Gasteiger partial charge on any atom is 0.274 e. The largest absolute Gasteiger partial charge is 0.507 e. The maximum atomic E-state index is 13.5. The highest BCUT2D eigenvalue weighted by molar-refractivity contribution is 6.11. The van der Waals surface area contributed by atoms with Crippen molar-refractivity contribution >= 4 is 50.7 Å². The fourth-order valence-electron chi connectivity index (χ4n) is 4.94. The van der Waals surface area contributed by atoms with Crippen LogP contribution in [0.25, 0.3) is 21.7 Å². The van der Waals surface area contributed by atoms with Gasteiger partial charge in [0.2, 0.25) is 0 Å². The van der Waals surface area contributed by atoms with Gasteiger partial charge in [-0.2, -0.15) is 0 Å². The number of nitrogens with zero attached hydrogens (tertiary/aromatic N) is 2. The van der Waals surface area contributed by atoms with Crippen molar-refractivity contribution in [1.29, 1.82) is 0 Å². The van der Waals surface area contributed by atoms with Crippen LogP contribution in [-0.2, 0) is 6.42 Å². The minimum Gasteiger partial charge on any atom is -0.507 e. The zero-order chi connectivity index (χ0) is 25.0. The van der Waals surface area contributed by atoms with Crippen molar-refractivity contribution in [3.8, 4) is 5.75 Å². The minimum atomic E-state index is -0.301. The van der Waals surface area contributed by atoms with E-state index in [4.69, 9.17) is 5.73 Å². The van der Waals surface area contributed by atoms with Gasteiger partial charge in [-0.1, -0.05) is 18.2 Å². The fourth-order valence-corrected chi connectivity index (χ4v) is 4.94. The summed E-state index contributed by atoms with van der Waals surface area (Å²) in [6.07, 6.45) is 2.30. The Bertz CT molecular complexity index is 1690. The highest BCUT2D eigenvalue weighted by Crippen LogP contribution is 2.41. The molecule has 0 atom stereocenters. The van der Waals surface area contributed by atoms with Crippen LogP contribution in [0.4, 0.5) is 17.2 Å². The number of nitrogens with one attached hydrogen (secondary N) is 2. The average molecular weight is 478 g/mol. The first-order chi connectivity index (χ1) is 17.4. The third kappa shape index (κ3) is 3.51. The second-order valence-electron chi connectivity index (χ2n) is 9.01. The number of aryl methyl sites for hydroxylation is 1. The zero-order valence-electron chi connectivity index (χ0n) is 19.5. The molecule has 5 N–H and O–H groups in total. The second kappa shape index (κ2) is 8.13. The van der Waals surface area contributed by atoms with Crippen LogP contribution in [0.15, 0.2) is 66.9 Å². The smallest absolute Gasteiger partial charge is 0.274 e. The maximum absolute atomic E-state index is 13.5. The molecule has 0 aliphatic carbocycles. The van der Waals surface area contributed by atoms with Gasteiger partial charge in [-0.3, -0.25) is 9.59 Å². The summed E-state index contributed by atoms with van der Waals surface area (Å²) in [5.74, 6) is 0.0459. The van der Waals surface area contributed by atoms with Gasteiger partial charge in [-0.15, -0.1) is 0 Å². The molecule has 0 radical (unpaired) electrons. The van der Waals surface area contributed by atoms with Crippen LogP contribution >= 0.6 is 0 Å². The van der Waals surface area contributed by atoms with Crippen molar-refractivity contribution < 1.29 is 14.7 Å². The summed E-state index contributed by atoms with van der Waals surface area (Å²) >= 11 is 0. The van der Waals surface area contributed by atoms with Crippen molar-refractivity contribution in [2.45, 2.75) is 13.3 Å². The third-order valence-corrected chi connectivity index (χ3v) is 6.70. The number of hydrogen-bond acceptors (Lipinski definition) is 5. The van der Waals surface area contributed by atoms with E-state index in [2.05, 4.69) is 15.3 Å². The molecule has 1 aliphatic heterocycles. The number of nitrogen functional groups attached to an aromatic ring is 1. The monoisotopic (exact) mass is 477 g/mol. The van der Waals surface area contributed by atoms with Crippen LogP contribution in [0.2, 0.25) is 0 Å². The van der Waals surface area contributed by atoms with Gasteiger partial charge in [0.05, 0.1) is 17.4 Å².